The van der Waals surface area contributed by atoms with Crippen LogP contribution in [0.3, 0.4) is 0 Å². The number of rotatable bonds is 2. The molecular formula is C14H18INO2. The molecule has 1 aromatic rings. The largest absolute Gasteiger partial charge is 0.379 e. The highest BCUT2D eigenvalue weighted by Gasteiger charge is 2.29. The summed E-state index contributed by atoms with van der Waals surface area (Å²) in [7, 11) is 1.72. The van der Waals surface area contributed by atoms with E-state index in [0.717, 1.165) is 22.1 Å². The van der Waals surface area contributed by atoms with Crippen molar-refractivity contribution in [3.05, 3.63) is 33.4 Å². The van der Waals surface area contributed by atoms with Crippen LogP contribution in [0.5, 0.6) is 0 Å². The van der Waals surface area contributed by atoms with Gasteiger partial charge in [0.1, 0.15) is 0 Å². The zero-order chi connectivity index (χ0) is 13.1. The van der Waals surface area contributed by atoms with Gasteiger partial charge in [0, 0.05) is 29.3 Å². The smallest absolute Gasteiger partial charge is 0.253 e. The third-order valence-electron chi connectivity index (χ3n) is 3.55. The van der Waals surface area contributed by atoms with Crippen LogP contribution in [0.25, 0.3) is 0 Å². The standard InChI is InChI=1S/C14H18INO2/c1-10-6-7-16(9-13(10)18-2)14(17)11-4-3-5-12(15)8-11/h3-5,8,10,13H,6-7,9H2,1-2H3. The highest BCUT2D eigenvalue weighted by atomic mass is 127. The van der Waals surface area contributed by atoms with Crippen LogP contribution in [0.2, 0.25) is 0 Å². The Morgan fingerprint density at radius 2 is 2.28 bits per heavy atom. The Bertz CT molecular complexity index is 436. The summed E-state index contributed by atoms with van der Waals surface area (Å²) in [6.45, 7) is 3.70. The quantitative estimate of drug-likeness (QED) is 0.760. The van der Waals surface area contributed by atoms with Crippen molar-refractivity contribution in [2.75, 3.05) is 20.2 Å². The van der Waals surface area contributed by atoms with Crippen molar-refractivity contribution in [3.63, 3.8) is 0 Å². The highest BCUT2D eigenvalue weighted by Crippen LogP contribution is 2.21. The lowest BCUT2D eigenvalue weighted by molar-refractivity contribution is -0.00156. The van der Waals surface area contributed by atoms with Crippen LogP contribution in [-0.4, -0.2) is 37.1 Å². The number of hydrogen-bond donors (Lipinski definition) is 0. The van der Waals surface area contributed by atoms with E-state index in [1.807, 2.05) is 29.2 Å². The Morgan fingerprint density at radius 1 is 1.50 bits per heavy atom. The molecule has 1 aliphatic rings. The van der Waals surface area contributed by atoms with Gasteiger partial charge in [-0.2, -0.15) is 0 Å². The summed E-state index contributed by atoms with van der Waals surface area (Å²) >= 11 is 2.23. The van der Waals surface area contributed by atoms with Gasteiger partial charge in [-0.1, -0.05) is 13.0 Å². The van der Waals surface area contributed by atoms with Gasteiger partial charge < -0.3 is 9.64 Å². The molecule has 1 aromatic carbocycles. The van der Waals surface area contributed by atoms with Crippen LogP contribution >= 0.6 is 22.6 Å². The monoisotopic (exact) mass is 359 g/mol. The van der Waals surface area contributed by atoms with Crippen molar-refractivity contribution in [3.8, 4) is 0 Å². The molecule has 98 valence electrons. The van der Waals surface area contributed by atoms with Gasteiger partial charge in [-0.3, -0.25) is 4.79 Å². The van der Waals surface area contributed by atoms with E-state index in [2.05, 4.69) is 29.5 Å². The van der Waals surface area contributed by atoms with Crippen LogP contribution in [0, 0.1) is 9.49 Å². The maximum atomic E-state index is 12.4. The topological polar surface area (TPSA) is 29.5 Å². The van der Waals surface area contributed by atoms with E-state index in [4.69, 9.17) is 4.74 Å². The second kappa shape index (κ2) is 6.02. The van der Waals surface area contributed by atoms with Crippen LogP contribution in [-0.2, 0) is 4.74 Å². The molecule has 0 N–H and O–H groups in total. The number of benzene rings is 1. The lowest BCUT2D eigenvalue weighted by Gasteiger charge is -2.36. The molecule has 1 aliphatic heterocycles. The summed E-state index contributed by atoms with van der Waals surface area (Å²) in [5.41, 5.74) is 0.770. The van der Waals surface area contributed by atoms with Gasteiger partial charge >= 0.3 is 0 Å². The highest BCUT2D eigenvalue weighted by molar-refractivity contribution is 14.1. The Morgan fingerprint density at radius 3 is 2.94 bits per heavy atom. The number of hydrogen-bond acceptors (Lipinski definition) is 2. The van der Waals surface area contributed by atoms with Crippen molar-refractivity contribution in [2.45, 2.75) is 19.4 Å². The Balaban J connectivity index is 2.10. The summed E-state index contributed by atoms with van der Waals surface area (Å²) < 4.78 is 6.54. The van der Waals surface area contributed by atoms with Gasteiger partial charge in [0.15, 0.2) is 0 Å². The first-order chi connectivity index (χ1) is 8.61. The second-order valence-electron chi connectivity index (χ2n) is 4.80. The fourth-order valence-corrected chi connectivity index (χ4v) is 2.87. The molecule has 0 spiro atoms. The molecule has 2 unspecified atom stereocenters. The van der Waals surface area contributed by atoms with E-state index in [0.29, 0.717) is 12.5 Å². The van der Waals surface area contributed by atoms with Crippen molar-refractivity contribution in [2.24, 2.45) is 5.92 Å². The van der Waals surface area contributed by atoms with Crippen LogP contribution < -0.4 is 0 Å². The molecule has 0 aliphatic carbocycles. The summed E-state index contributed by atoms with van der Waals surface area (Å²) in [6, 6.07) is 7.73. The maximum absolute atomic E-state index is 12.4. The van der Waals surface area contributed by atoms with Gasteiger partial charge in [-0.25, -0.2) is 0 Å². The number of halogens is 1. The van der Waals surface area contributed by atoms with E-state index < -0.39 is 0 Å². The molecule has 0 aromatic heterocycles. The number of ether oxygens (including phenoxy) is 1. The minimum Gasteiger partial charge on any atom is -0.379 e. The SMILES string of the molecule is COC1CN(C(=O)c2cccc(I)c2)CCC1C. The normalized spacial score (nSPS) is 24.1. The van der Waals surface area contributed by atoms with Crippen molar-refractivity contribution < 1.29 is 9.53 Å². The molecule has 18 heavy (non-hydrogen) atoms. The zero-order valence-electron chi connectivity index (χ0n) is 10.7. The molecule has 1 fully saturated rings. The Kier molecular flexibility index (Phi) is 4.61. The lowest BCUT2D eigenvalue weighted by Crippen LogP contribution is -2.46. The predicted molar refractivity (Wildman–Crippen MR) is 79.6 cm³/mol. The molecule has 0 saturated carbocycles. The van der Waals surface area contributed by atoms with Gasteiger partial charge in [-0.15, -0.1) is 0 Å². The number of nitrogens with zero attached hydrogens (tertiary/aromatic N) is 1. The van der Waals surface area contributed by atoms with E-state index >= 15 is 0 Å². The third kappa shape index (κ3) is 3.03. The van der Waals surface area contributed by atoms with E-state index in [-0.39, 0.29) is 12.0 Å². The number of piperidine rings is 1. The van der Waals surface area contributed by atoms with Gasteiger partial charge in [-0.05, 0) is 53.1 Å². The molecule has 1 heterocycles. The summed E-state index contributed by atoms with van der Waals surface area (Å²) in [4.78, 5) is 14.3. The molecule has 0 radical (unpaired) electrons. The zero-order valence-corrected chi connectivity index (χ0v) is 12.9. The van der Waals surface area contributed by atoms with E-state index in [1.54, 1.807) is 7.11 Å². The molecule has 3 nitrogen and oxygen atoms in total. The van der Waals surface area contributed by atoms with E-state index in [1.165, 1.54) is 0 Å². The molecular weight excluding hydrogens is 341 g/mol. The third-order valence-corrected chi connectivity index (χ3v) is 4.22. The lowest BCUT2D eigenvalue weighted by atomic mass is 9.95. The minimum atomic E-state index is 0.113. The van der Waals surface area contributed by atoms with Gasteiger partial charge in [0.25, 0.3) is 5.91 Å². The fraction of sp³-hybridized carbons (Fsp3) is 0.500. The fourth-order valence-electron chi connectivity index (χ4n) is 2.33. The Hall–Kier alpha value is -0.620. The summed E-state index contributed by atoms with van der Waals surface area (Å²) in [5, 5.41) is 0. The van der Waals surface area contributed by atoms with Gasteiger partial charge in [0.2, 0.25) is 0 Å². The number of carbonyl (C=O) groups is 1. The number of methoxy groups -OCH3 is 1. The summed E-state index contributed by atoms with van der Waals surface area (Å²) in [6.07, 6.45) is 1.17. The first-order valence-electron chi connectivity index (χ1n) is 6.19. The van der Waals surface area contributed by atoms with Crippen LogP contribution in [0.1, 0.15) is 23.7 Å². The molecule has 0 bridgehead atoms. The first-order valence-corrected chi connectivity index (χ1v) is 7.27. The predicted octanol–water partition coefficient (Wildman–Crippen LogP) is 2.79. The average Bonchev–Trinajstić information content (AvgIpc) is 2.38. The van der Waals surface area contributed by atoms with Gasteiger partial charge in [0.05, 0.1) is 6.10 Å². The first kappa shape index (κ1) is 13.8. The minimum absolute atomic E-state index is 0.113. The second-order valence-corrected chi connectivity index (χ2v) is 6.05. The summed E-state index contributed by atoms with van der Waals surface area (Å²) in [5.74, 6) is 0.637. The van der Waals surface area contributed by atoms with Crippen molar-refractivity contribution >= 4 is 28.5 Å². The molecule has 1 amide bonds. The number of carbonyl (C=O) groups excluding carboxylic acids is 1. The van der Waals surface area contributed by atoms with Crippen molar-refractivity contribution in [1.29, 1.82) is 0 Å². The van der Waals surface area contributed by atoms with Crippen LogP contribution in [0.4, 0.5) is 0 Å². The molecule has 2 atom stereocenters. The molecule has 2 rings (SSSR count). The molecule has 4 heteroatoms. The maximum Gasteiger partial charge on any atom is 0.253 e. The number of amides is 1. The van der Waals surface area contributed by atoms with E-state index in [9.17, 15) is 4.79 Å². The van der Waals surface area contributed by atoms with Crippen molar-refractivity contribution in [1.82, 2.24) is 4.90 Å². The Labute approximate surface area is 122 Å². The average molecular weight is 359 g/mol. The number of likely N-dealkylation sites (tertiary alicyclic amines) is 1. The van der Waals surface area contributed by atoms with Crippen LogP contribution in [0.15, 0.2) is 24.3 Å². The molecule has 1 saturated heterocycles.